The van der Waals surface area contributed by atoms with Gasteiger partial charge in [-0.25, -0.2) is 0 Å². The van der Waals surface area contributed by atoms with E-state index in [4.69, 9.17) is 5.26 Å². The van der Waals surface area contributed by atoms with Crippen molar-refractivity contribution in [2.45, 2.75) is 19.3 Å². The Labute approximate surface area is 128 Å². The fourth-order valence-corrected chi connectivity index (χ4v) is 2.57. The van der Waals surface area contributed by atoms with Gasteiger partial charge >= 0.3 is 0 Å². The highest BCUT2D eigenvalue weighted by Gasteiger charge is 2.24. The second-order valence-corrected chi connectivity index (χ2v) is 5.29. The number of nitro groups is 1. The summed E-state index contributed by atoms with van der Waals surface area (Å²) >= 11 is 0. The predicted octanol–water partition coefficient (Wildman–Crippen LogP) is 2.18. The lowest BCUT2D eigenvalue weighted by Gasteiger charge is -2.19. The van der Waals surface area contributed by atoms with Crippen molar-refractivity contribution in [3.63, 3.8) is 0 Å². The van der Waals surface area contributed by atoms with Crippen LogP contribution in [0.5, 0.6) is 0 Å². The van der Waals surface area contributed by atoms with E-state index in [2.05, 4.69) is 0 Å². The highest BCUT2D eigenvalue weighted by molar-refractivity contribution is 5.95. The van der Waals surface area contributed by atoms with Crippen LogP contribution in [0.25, 0.3) is 0 Å². The van der Waals surface area contributed by atoms with Gasteiger partial charge in [0.2, 0.25) is 0 Å². The quantitative estimate of drug-likeness (QED) is 0.614. The van der Waals surface area contributed by atoms with Gasteiger partial charge in [-0.2, -0.15) is 5.26 Å². The van der Waals surface area contributed by atoms with E-state index in [9.17, 15) is 14.9 Å². The average Bonchev–Trinajstić information content (AvgIpc) is 3.05. The lowest BCUT2D eigenvalue weighted by Crippen LogP contribution is -2.28. The topological polar surface area (TPSA) is 90.5 Å². The molecule has 1 saturated heterocycles. The van der Waals surface area contributed by atoms with Crippen LogP contribution in [0.3, 0.4) is 0 Å². The molecule has 0 N–H and O–H groups in total. The molecule has 0 unspecified atom stereocenters. The number of nitrogens with zero attached hydrogens (tertiary/aromatic N) is 4. The maximum Gasteiger partial charge on any atom is 0.293 e. The summed E-state index contributed by atoms with van der Waals surface area (Å²) in [5.74, 6) is -0.314. The summed E-state index contributed by atoms with van der Waals surface area (Å²) in [4.78, 5) is 26.5. The number of benzene rings is 1. The molecule has 22 heavy (non-hydrogen) atoms. The molecule has 1 aliphatic rings. The highest BCUT2D eigenvalue weighted by Crippen LogP contribution is 2.31. The molecular weight excluding hydrogens is 284 g/mol. The Bertz CT molecular complexity index is 618. The number of carbonyl (C=O) groups excluding carboxylic acids is 1. The SMILES string of the molecule is CN(CCC#N)C(=O)c1ccc(N2CCCC2)c([N+](=O)[O-])c1. The van der Waals surface area contributed by atoms with Crippen LogP contribution in [0.15, 0.2) is 18.2 Å². The van der Waals surface area contributed by atoms with Gasteiger partial charge in [0.05, 0.1) is 17.4 Å². The van der Waals surface area contributed by atoms with Gasteiger partial charge in [0.15, 0.2) is 0 Å². The summed E-state index contributed by atoms with van der Waals surface area (Å²) in [6.45, 7) is 1.91. The third-order valence-electron chi connectivity index (χ3n) is 3.77. The Morgan fingerprint density at radius 2 is 2.14 bits per heavy atom. The van der Waals surface area contributed by atoms with E-state index in [0.29, 0.717) is 12.2 Å². The Kier molecular flexibility index (Phi) is 4.94. The molecule has 2 rings (SSSR count). The van der Waals surface area contributed by atoms with Crippen LogP contribution >= 0.6 is 0 Å². The fraction of sp³-hybridized carbons (Fsp3) is 0.467. The van der Waals surface area contributed by atoms with Gasteiger partial charge < -0.3 is 9.80 Å². The molecule has 1 aromatic rings. The van der Waals surface area contributed by atoms with Crippen molar-refractivity contribution in [2.24, 2.45) is 0 Å². The first-order valence-electron chi connectivity index (χ1n) is 7.20. The van der Waals surface area contributed by atoms with E-state index < -0.39 is 4.92 Å². The van der Waals surface area contributed by atoms with Gasteiger partial charge in [-0.15, -0.1) is 0 Å². The minimum absolute atomic E-state index is 0.0403. The summed E-state index contributed by atoms with van der Waals surface area (Å²) in [5.41, 5.74) is 0.801. The van der Waals surface area contributed by atoms with Crippen LogP contribution in [0.4, 0.5) is 11.4 Å². The second-order valence-electron chi connectivity index (χ2n) is 5.29. The largest absolute Gasteiger partial charge is 0.366 e. The molecule has 0 aromatic heterocycles. The van der Waals surface area contributed by atoms with Crippen molar-refractivity contribution in [3.05, 3.63) is 33.9 Å². The first kappa shape index (κ1) is 15.8. The summed E-state index contributed by atoms with van der Waals surface area (Å²) in [6.07, 6.45) is 2.28. The summed E-state index contributed by atoms with van der Waals surface area (Å²) < 4.78 is 0. The van der Waals surface area contributed by atoms with E-state index in [-0.39, 0.29) is 23.6 Å². The lowest BCUT2D eigenvalue weighted by atomic mass is 10.1. The smallest absolute Gasteiger partial charge is 0.293 e. The Hall–Kier alpha value is -2.62. The Morgan fingerprint density at radius 1 is 1.45 bits per heavy atom. The van der Waals surface area contributed by atoms with Crippen molar-refractivity contribution in [2.75, 3.05) is 31.6 Å². The van der Waals surface area contributed by atoms with Gasteiger partial charge in [0.25, 0.3) is 11.6 Å². The van der Waals surface area contributed by atoms with E-state index in [1.165, 1.54) is 11.0 Å². The van der Waals surface area contributed by atoms with Crippen LogP contribution < -0.4 is 4.90 Å². The van der Waals surface area contributed by atoms with Gasteiger partial charge in [-0.1, -0.05) is 0 Å². The van der Waals surface area contributed by atoms with Gasteiger partial charge in [0.1, 0.15) is 5.69 Å². The van der Waals surface area contributed by atoms with Gasteiger partial charge in [-0.3, -0.25) is 14.9 Å². The molecule has 0 bridgehead atoms. The predicted molar refractivity (Wildman–Crippen MR) is 81.7 cm³/mol. The Morgan fingerprint density at radius 3 is 2.73 bits per heavy atom. The molecule has 0 saturated carbocycles. The summed E-state index contributed by atoms with van der Waals surface area (Å²) in [7, 11) is 1.58. The number of nitro benzene ring substituents is 1. The molecule has 1 amide bonds. The average molecular weight is 302 g/mol. The molecule has 1 fully saturated rings. The molecule has 1 aromatic carbocycles. The molecule has 0 aliphatic carbocycles. The number of carbonyl (C=O) groups is 1. The normalized spacial score (nSPS) is 13.7. The van der Waals surface area contributed by atoms with Crippen LogP contribution in [0.1, 0.15) is 29.6 Å². The monoisotopic (exact) mass is 302 g/mol. The van der Waals surface area contributed by atoms with Crippen LogP contribution in [-0.4, -0.2) is 42.4 Å². The number of hydrogen-bond acceptors (Lipinski definition) is 5. The molecule has 7 nitrogen and oxygen atoms in total. The second kappa shape index (κ2) is 6.89. The standard InChI is InChI=1S/C15H18N4O3/c1-17(8-4-7-16)15(20)12-5-6-13(14(11-12)19(21)22)18-9-2-3-10-18/h5-6,11H,2-4,8-10H2,1H3. The van der Waals surface area contributed by atoms with E-state index in [1.807, 2.05) is 11.0 Å². The van der Waals surface area contributed by atoms with Crippen LogP contribution in [0, 0.1) is 21.4 Å². The zero-order valence-corrected chi connectivity index (χ0v) is 12.5. The summed E-state index contributed by atoms with van der Waals surface area (Å²) in [5, 5.41) is 19.9. The number of anilines is 1. The molecule has 7 heteroatoms. The van der Waals surface area contributed by atoms with Gasteiger partial charge in [-0.05, 0) is 25.0 Å². The fourth-order valence-electron chi connectivity index (χ4n) is 2.57. The van der Waals surface area contributed by atoms with E-state index >= 15 is 0 Å². The minimum Gasteiger partial charge on any atom is -0.366 e. The maximum atomic E-state index is 12.2. The van der Waals surface area contributed by atoms with Crippen molar-refractivity contribution < 1.29 is 9.72 Å². The van der Waals surface area contributed by atoms with E-state index in [0.717, 1.165) is 25.9 Å². The number of rotatable bonds is 5. The van der Waals surface area contributed by atoms with Gasteiger partial charge in [0, 0.05) is 38.3 Å². The van der Waals surface area contributed by atoms with Crippen molar-refractivity contribution in [3.8, 4) is 6.07 Å². The zero-order chi connectivity index (χ0) is 16.1. The summed E-state index contributed by atoms with van der Waals surface area (Å²) in [6, 6.07) is 6.57. The minimum atomic E-state index is -0.445. The molecule has 0 atom stereocenters. The van der Waals surface area contributed by atoms with Crippen LogP contribution in [-0.2, 0) is 0 Å². The third-order valence-corrected chi connectivity index (χ3v) is 3.77. The zero-order valence-electron chi connectivity index (χ0n) is 12.5. The van der Waals surface area contributed by atoms with Crippen molar-refractivity contribution in [1.82, 2.24) is 4.90 Å². The Balaban J connectivity index is 2.27. The molecule has 0 radical (unpaired) electrons. The molecule has 116 valence electrons. The maximum absolute atomic E-state index is 12.2. The van der Waals surface area contributed by atoms with E-state index in [1.54, 1.807) is 19.2 Å². The third kappa shape index (κ3) is 3.34. The van der Waals surface area contributed by atoms with Crippen molar-refractivity contribution >= 4 is 17.3 Å². The molecular formula is C15H18N4O3. The first-order valence-corrected chi connectivity index (χ1v) is 7.20. The lowest BCUT2D eigenvalue weighted by molar-refractivity contribution is -0.384. The molecule has 0 spiro atoms. The molecule has 1 heterocycles. The first-order chi connectivity index (χ1) is 10.5. The number of nitriles is 1. The van der Waals surface area contributed by atoms with Crippen molar-refractivity contribution in [1.29, 1.82) is 5.26 Å². The number of amides is 1. The number of hydrogen-bond donors (Lipinski definition) is 0. The molecule has 1 aliphatic heterocycles. The highest BCUT2D eigenvalue weighted by atomic mass is 16.6. The van der Waals surface area contributed by atoms with Crippen LogP contribution in [0.2, 0.25) is 0 Å².